The van der Waals surface area contributed by atoms with E-state index in [1.54, 1.807) is 0 Å². The molecular weight excluding hydrogens is 215 g/mol. The van der Waals surface area contributed by atoms with Gasteiger partial charge in [-0.3, -0.25) is 0 Å². The largest absolute Gasteiger partial charge is 0.389 e. The zero-order chi connectivity index (χ0) is 11.8. The molecule has 2 aliphatic rings. The molecule has 0 amide bonds. The molecule has 16 heavy (non-hydrogen) atoms. The monoisotopic (exact) mass is 235 g/mol. The summed E-state index contributed by atoms with van der Waals surface area (Å²) in [6.45, 7) is 2.74. The smallest absolute Gasteiger partial charge is 0.314 e. The van der Waals surface area contributed by atoms with Gasteiger partial charge < -0.3 is 5.32 Å². The fourth-order valence-electron chi connectivity index (χ4n) is 3.18. The van der Waals surface area contributed by atoms with E-state index in [-0.39, 0.29) is 12.5 Å². The Bertz CT molecular complexity index is 229. The molecule has 0 aromatic heterocycles. The predicted molar refractivity (Wildman–Crippen MR) is 57.1 cm³/mol. The van der Waals surface area contributed by atoms with Crippen molar-refractivity contribution in [2.75, 3.05) is 6.54 Å². The second kappa shape index (κ2) is 4.55. The number of rotatable bonds is 5. The Morgan fingerprint density at radius 1 is 1.19 bits per heavy atom. The third-order valence-corrected chi connectivity index (χ3v) is 4.05. The maximum absolute atomic E-state index is 12.2. The van der Waals surface area contributed by atoms with Gasteiger partial charge in [-0.2, -0.15) is 13.2 Å². The van der Waals surface area contributed by atoms with Gasteiger partial charge in [0.2, 0.25) is 0 Å². The van der Waals surface area contributed by atoms with Gasteiger partial charge in [-0.25, -0.2) is 0 Å². The van der Waals surface area contributed by atoms with Crippen molar-refractivity contribution in [1.82, 2.24) is 5.32 Å². The van der Waals surface area contributed by atoms with Crippen LogP contribution in [0.4, 0.5) is 13.2 Å². The number of alkyl halides is 3. The average Bonchev–Trinajstić information content (AvgIpc) is 2.79. The highest BCUT2D eigenvalue weighted by Gasteiger charge is 2.47. The fourth-order valence-corrected chi connectivity index (χ4v) is 3.18. The summed E-state index contributed by atoms with van der Waals surface area (Å²) in [5.41, 5.74) is 0. The lowest BCUT2D eigenvalue weighted by Gasteiger charge is -2.26. The first-order valence-corrected chi connectivity index (χ1v) is 6.29. The molecule has 2 fully saturated rings. The highest BCUT2D eigenvalue weighted by Crippen LogP contribution is 2.55. The number of fused-ring (bicyclic) bond motifs is 1. The average molecular weight is 235 g/mol. The van der Waals surface area contributed by atoms with Gasteiger partial charge in [0.25, 0.3) is 0 Å². The van der Waals surface area contributed by atoms with Crippen LogP contribution in [0.1, 0.15) is 39.0 Å². The molecule has 0 heterocycles. The lowest BCUT2D eigenvalue weighted by molar-refractivity contribution is -0.137. The molecule has 0 saturated heterocycles. The van der Waals surface area contributed by atoms with E-state index in [9.17, 15) is 13.2 Å². The van der Waals surface area contributed by atoms with Gasteiger partial charge in [0.1, 0.15) is 0 Å². The minimum Gasteiger partial charge on any atom is -0.314 e. The molecule has 3 atom stereocenters. The van der Waals surface area contributed by atoms with E-state index < -0.39 is 12.6 Å². The van der Waals surface area contributed by atoms with E-state index in [1.165, 1.54) is 6.42 Å². The molecule has 0 aromatic rings. The Labute approximate surface area is 94.8 Å². The lowest BCUT2D eigenvalue weighted by atomic mass is 9.91. The van der Waals surface area contributed by atoms with Gasteiger partial charge in [0, 0.05) is 12.5 Å². The Hall–Kier alpha value is -0.250. The first kappa shape index (κ1) is 12.2. The Kier molecular flexibility index (Phi) is 3.48. The van der Waals surface area contributed by atoms with Crippen LogP contribution in [0.3, 0.4) is 0 Å². The van der Waals surface area contributed by atoms with E-state index >= 15 is 0 Å². The normalized spacial score (nSPS) is 34.9. The topological polar surface area (TPSA) is 12.0 Å². The summed E-state index contributed by atoms with van der Waals surface area (Å²) in [6, 6.07) is 0.0828. The molecule has 0 radical (unpaired) electrons. The van der Waals surface area contributed by atoms with Crippen molar-refractivity contribution in [3.05, 3.63) is 0 Å². The van der Waals surface area contributed by atoms with Gasteiger partial charge >= 0.3 is 6.18 Å². The zero-order valence-electron chi connectivity index (χ0n) is 9.69. The van der Waals surface area contributed by atoms with Crippen LogP contribution in [0, 0.1) is 17.8 Å². The molecule has 0 aromatic carbocycles. The van der Waals surface area contributed by atoms with Crippen LogP contribution in [0.5, 0.6) is 0 Å². The van der Waals surface area contributed by atoms with Crippen molar-refractivity contribution in [3.63, 3.8) is 0 Å². The molecule has 2 aliphatic carbocycles. The van der Waals surface area contributed by atoms with Crippen molar-refractivity contribution >= 4 is 0 Å². The summed E-state index contributed by atoms with van der Waals surface area (Å²) in [5.74, 6) is 2.18. The van der Waals surface area contributed by atoms with Gasteiger partial charge in [0.05, 0.1) is 0 Å². The maximum Gasteiger partial charge on any atom is 0.389 e. The van der Waals surface area contributed by atoms with Crippen LogP contribution >= 0.6 is 0 Å². The molecule has 0 aliphatic heterocycles. The highest BCUT2D eigenvalue weighted by atomic mass is 19.4. The second-order valence-electron chi connectivity index (χ2n) is 5.31. The van der Waals surface area contributed by atoms with Crippen molar-refractivity contribution in [1.29, 1.82) is 0 Å². The molecule has 3 unspecified atom stereocenters. The summed E-state index contributed by atoms with van der Waals surface area (Å²) < 4.78 is 36.6. The van der Waals surface area contributed by atoms with Crippen molar-refractivity contribution in [2.24, 2.45) is 17.8 Å². The van der Waals surface area contributed by atoms with Crippen molar-refractivity contribution in [2.45, 2.75) is 51.2 Å². The third kappa shape index (κ3) is 3.12. The second-order valence-corrected chi connectivity index (χ2v) is 5.31. The summed E-state index contributed by atoms with van der Waals surface area (Å²) in [4.78, 5) is 0. The third-order valence-electron chi connectivity index (χ3n) is 4.05. The predicted octanol–water partition coefficient (Wildman–Crippen LogP) is 3.35. The summed E-state index contributed by atoms with van der Waals surface area (Å²) in [6.07, 6.45) is -0.762. The number of nitrogens with one attached hydrogen (secondary N) is 1. The van der Waals surface area contributed by atoms with Crippen LogP contribution in [-0.2, 0) is 0 Å². The van der Waals surface area contributed by atoms with Crippen LogP contribution in [-0.4, -0.2) is 18.8 Å². The fraction of sp³-hybridized carbons (Fsp3) is 1.00. The van der Waals surface area contributed by atoms with Crippen LogP contribution in [0.2, 0.25) is 0 Å². The SMILES string of the molecule is CCNC(CCC(F)(F)F)C1CC2CC2C1. The van der Waals surface area contributed by atoms with Crippen LogP contribution in [0.15, 0.2) is 0 Å². The number of halogens is 3. The Balaban J connectivity index is 1.80. The van der Waals surface area contributed by atoms with Crippen LogP contribution < -0.4 is 5.32 Å². The van der Waals surface area contributed by atoms with E-state index in [1.807, 2.05) is 6.92 Å². The van der Waals surface area contributed by atoms with Crippen molar-refractivity contribution < 1.29 is 13.2 Å². The quantitative estimate of drug-likeness (QED) is 0.770. The first-order chi connectivity index (χ1) is 7.49. The van der Waals surface area contributed by atoms with Gasteiger partial charge in [-0.1, -0.05) is 6.92 Å². The molecule has 4 heteroatoms. The maximum atomic E-state index is 12.2. The van der Waals surface area contributed by atoms with E-state index in [0.717, 1.165) is 31.2 Å². The molecule has 1 nitrogen and oxygen atoms in total. The standard InChI is InChI=1S/C12H20F3N/c1-2-16-11(3-4-12(13,14)15)10-6-8-5-9(8)7-10/h8-11,16H,2-7H2,1H3. The minimum atomic E-state index is -4.00. The number of hydrogen-bond donors (Lipinski definition) is 1. The molecular formula is C12H20F3N. The van der Waals surface area contributed by atoms with E-state index in [4.69, 9.17) is 0 Å². The molecule has 1 N–H and O–H groups in total. The summed E-state index contributed by atoms with van der Waals surface area (Å²) >= 11 is 0. The molecule has 2 saturated carbocycles. The number of hydrogen-bond acceptors (Lipinski definition) is 1. The molecule has 2 rings (SSSR count). The molecule has 0 spiro atoms. The molecule has 0 bridgehead atoms. The Morgan fingerprint density at radius 3 is 2.31 bits per heavy atom. The van der Waals surface area contributed by atoms with Gasteiger partial charge in [-0.15, -0.1) is 0 Å². The lowest BCUT2D eigenvalue weighted by Crippen LogP contribution is -2.36. The summed E-state index contributed by atoms with van der Waals surface area (Å²) in [7, 11) is 0. The van der Waals surface area contributed by atoms with Crippen LogP contribution in [0.25, 0.3) is 0 Å². The van der Waals surface area contributed by atoms with Gasteiger partial charge in [-0.05, 0) is 50.0 Å². The van der Waals surface area contributed by atoms with Gasteiger partial charge in [0.15, 0.2) is 0 Å². The first-order valence-electron chi connectivity index (χ1n) is 6.29. The zero-order valence-corrected chi connectivity index (χ0v) is 9.69. The summed E-state index contributed by atoms with van der Waals surface area (Å²) in [5, 5.41) is 3.24. The van der Waals surface area contributed by atoms with E-state index in [2.05, 4.69) is 5.32 Å². The van der Waals surface area contributed by atoms with Crippen molar-refractivity contribution in [3.8, 4) is 0 Å². The van der Waals surface area contributed by atoms with E-state index in [0.29, 0.717) is 5.92 Å². The highest BCUT2D eigenvalue weighted by molar-refractivity contribution is 4.99. The molecule has 94 valence electrons. The minimum absolute atomic E-state index is 0.0828. The Morgan fingerprint density at radius 2 is 1.81 bits per heavy atom.